The smallest absolute Gasteiger partial charge is 0.188 e. The van der Waals surface area contributed by atoms with Gasteiger partial charge < -0.3 is 23.7 Å². The minimum absolute atomic E-state index is 0.137. The van der Waals surface area contributed by atoms with Gasteiger partial charge in [0.1, 0.15) is 11.5 Å². The van der Waals surface area contributed by atoms with Crippen LogP contribution in [-0.4, -0.2) is 34.9 Å². The number of hydrogen-bond acceptors (Lipinski definition) is 5. The van der Waals surface area contributed by atoms with Crippen molar-refractivity contribution in [1.82, 2.24) is 0 Å². The van der Waals surface area contributed by atoms with E-state index in [0.717, 1.165) is 21.2 Å². The van der Waals surface area contributed by atoms with Crippen LogP contribution in [0.15, 0.2) is 40.9 Å². The molecule has 0 fully saturated rings. The van der Waals surface area contributed by atoms with Gasteiger partial charge >= 0.3 is 0 Å². The molecule has 0 atom stereocenters. The van der Waals surface area contributed by atoms with Gasteiger partial charge in [0.2, 0.25) is 0 Å². The Bertz CT molecular complexity index is 646. The van der Waals surface area contributed by atoms with Crippen LogP contribution in [-0.2, 0) is 20.8 Å². The molecule has 0 saturated carbocycles. The standard InChI is InChI=1S/C18H21BrO5/c1-20-10-14-17(13-7-5-4-6-8-13)15(23-11-21-2)9-16(18(14)19)24-12-22-3/h4-9H,10-12H2,1-3H3. The Morgan fingerprint density at radius 3 is 2.04 bits per heavy atom. The van der Waals surface area contributed by atoms with Crippen LogP contribution in [0, 0.1) is 0 Å². The summed E-state index contributed by atoms with van der Waals surface area (Å²) in [7, 11) is 4.81. The third kappa shape index (κ3) is 4.48. The number of ether oxygens (including phenoxy) is 5. The van der Waals surface area contributed by atoms with Crippen molar-refractivity contribution < 1.29 is 23.7 Å². The number of rotatable bonds is 9. The highest BCUT2D eigenvalue weighted by molar-refractivity contribution is 9.10. The maximum Gasteiger partial charge on any atom is 0.188 e. The largest absolute Gasteiger partial charge is 0.467 e. The number of hydrogen-bond donors (Lipinski definition) is 0. The number of halogens is 1. The first-order valence-electron chi connectivity index (χ1n) is 7.36. The molecule has 130 valence electrons. The molecule has 0 saturated heterocycles. The Labute approximate surface area is 150 Å². The summed E-state index contributed by atoms with van der Waals surface area (Å²) in [6, 6.07) is 11.8. The van der Waals surface area contributed by atoms with Gasteiger partial charge in [-0.15, -0.1) is 0 Å². The normalized spacial score (nSPS) is 10.7. The van der Waals surface area contributed by atoms with E-state index in [1.807, 2.05) is 36.4 Å². The van der Waals surface area contributed by atoms with Crippen LogP contribution >= 0.6 is 15.9 Å². The van der Waals surface area contributed by atoms with Gasteiger partial charge in [-0.2, -0.15) is 0 Å². The Morgan fingerprint density at radius 1 is 0.833 bits per heavy atom. The lowest BCUT2D eigenvalue weighted by Gasteiger charge is -2.20. The maximum atomic E-state index is 5.78. The fraction of sp³-hybridized carbons (Fsp3) is 0.333. The van der Waals surface area contributed by atoms with E-state index in [9.17, 15) is 0 Å². The predicted molar refractivity (Wildman–Crippen MR) is 95.3 cm³/mol. The zero-order chi connectivity index (χ0) is 17.4. The molecule has 0 N–H and O–H groups in total. The minimum atomic E-state index is 0.137. The van der Waals surface area contributed by atoms with Crippen LogP contribution < -0.4 is 9.47 Å². The second kappa shape index (κ2) is 9.64. The van der Waals surface area contributed by atoms with Gasteiger partial charge in [-0.1, -0.05) is 30.3 Å². The van der Waals surface area contributed by atoms with Crippen molar-refractivity contribution in [2.75, 3.05) is 34.9 Å². The summed E-state index contributed by atoms with van der Waals surface area (Å²) in [4.78, 5) is 0. The lowest BCUT2D eigenvalue weighted by atomic mass is 9.98. The second-order valence-corrected chi connectivity index (χ2v) is 5.73. The summed E-state index contributed by atoms with van der Waals surface area (Å²) < 4.78 is 27.7. The van der Waals surface area contributed by atoms with Crippen molar-refractivity contribution in [2.45, 2.75) is 6.61 Å². The first-order chi connectivity index (χ1) is 11.7. The van der Waals surface area contributed by atoms with Crippen molar-refractivity contribution in [1.29, 1.82) is 0 Å². The Morgan fingerprint density at radius 2 is 1.46 bits per heavy atom. The molecule has 0 aromatic heterocycles. The average molecular weight is 397 g/mol. The van der Waals surface area contributed by atoms with Crippen LogP contribution in [0.25, 0.3) is 11.1 Å². The average Bonchev–Trinajstić information content (AvgIpc) is 2.61. The van der Waals surface area contributed by atoms with Crippen LogP contribution in [0.5, 0.6) is 11.5 Å². The molecule has 0 unspecified atom stereocenters. The van der Waals surface area contributed by atoms with E-state index in [2.05, 4.69) is 15.9 Å². The molecule has 2 aromatic carbocycles. The van der Waals surface area contributed by atoms with Gasteiger partial charge in [0.25, 0.3) is 0 Å². The van der Waals surface area contributed by atoms with Crippen LogP contribution in [0.2, 0.25) is 0 Å². The van der Waals surface area contributed by atoms with E-state index in [4.69, 9.17) is 23.7 Å². The molecule has 0 bridgehead atoms. The van der Waals surface area contributed by atoms with Crippen LogP contribution in [0.4, 0.5) is 0 Å². The Hall–Kier alpha value is -1.60. The van der Waals surface area contributed by atoms with E-state index >= 15 is 0 Å². The van der Waals surface area contributed by atoms with Crippen molar-refractivity contribution in [2.24, 2.45) is 0 Å². The van der Waals surface area contributed by atoms with Gasteiger partial charge in [-0.25, -0.2) is 0 Å². The Kier molecular flexibility index (Phi) is 7.52. The van der Waals surface area contributed by atoms with Gasteiger partial charge in [0.05, 0.1) is 11.1 Å². The van der Waals surface area contributed by atoms with Gasteiger partial charge in [0.15, 0.2) is 13.6 Å². The fourth-order valence-corrected chi connectivity index (χ4v) is 2.87. The maximum absolute atomic E-state index is 5.78. The highest BCUT2D eigenvalue weighted by Crippen LogP contribution is 2.43. The molecular weight excluding hydrogens is 376 g/mol. The predicted octanol–water partition coefficient (Wildman–Crippen LogP) is 4.23. The van der Waals surface area contributed by atoms with Gasteiger partial charge in [-0.3, -0.25) is 0 Å². The van der Waals surface area contributed by atoms with Crippen molar-refractivity contribution in [3.05, 3.63) is 46.4 Å². The summed E-state index contributed by atoms with van der Waals surface area (Å²) in [5.41, 5.74) is 2.89. The van der Waals surface area contributed by atoms with Gasteiger partial charge in [-0.05, 0) is 21.5 Å². The van der Waals surface area contributed by atoms with Crippen molar-refractivity contribution in [3.8, 4) is 22.6 Å². The third-order valence-corrected chi connectivity index (χ3v) is 4.18. The fourth-order valence-electron chi connectivity index (χ4n) is 2.33. The van der Waals surface area contributed by atoms with Crippen LogP contribution in [0.3, 0.4) is 0 Å². The summed E-state index contributed by atoms with van der Waals surface area (Å²) in [6.07, 6.45) is 0. The van der Waals surface area contributed by atoms with E-state index in [1.54, 1.807) is 21.3 Å². The second-order valence-electron chi connectivity index (χ2n) is 4.94. The topological polar surface area (TPSA) is 46.2 Å². The summed E-state index contributed by atoms with van der Waals surface area (Å²) in [6.45, 7) is 0.676. The quantitative estimate of drug-likeness (QED) is 0.593. The lowest BCUT2D eigenvalue weighted by Crippen LogP contribution is -2.06. The van der Waals surface area contributed by atoms with Crippen molar-refractivity contribution >= 4 is 15.9 Å². The molecule has 2 rings (SSSR count). The minimum Gasteiger partial charge on any atom is -0.467 e. The molecule has 0 radical (unpaired) electrons. The molecule has 0 spiro atoms. The molecule has 6 heteroatoms. The van der Waals surface area contributed by atoms with E-state index < -0.39 is 0 Å². The summed E-state index contributed by atoms with van der Waals surface area (Å²) in [5.74, 6) is 1.28. The molecule has 0 aliphatic heterocycles. The first-order valence-corrected chi connectivity index (χ1v) is 8.15. The molecule has 5 nitrogen and oxygen atoms in total. The zero-order valence-electron chi connectivity index (χ0n) is 14.0. The molecule has 0 heterocycles. The highest BCUT2D eigenvalue weighted by Gasteiger charge is 2.20. The number of benzene rings is 2. The van der Waals surface area contributed by atoms with E-state index in [0.29, 0.717) is 18.1 Å². The van der Waals surface area contributed by atoms with Crippen molar-refractivity contribution in [3.63, 3.8) is 0 Å². The zero-order valence-corrected chi connectivity index (χ0v) is 15.6. The third-order valence-electron chi connectivity index (χ3n) is 3.31. The molecule has 0 aliphatic rings. The number of methoxy groups -OCH3 is 3. The molecular formula is C18H21BrO5. The van der Waals surface area contributed by atoms with Gasteiger partial charge in [0, 0.05) is 38.5 Å². The molecule has 0 amide bonds. The monoisotopic (exact) mass is 396 g/mol. The van der Waals surface area contributed by atoms with E-state index in [1.165, 1.54) is 0 Å². The van der Waals surface area contributed by atoms with Crippen LogP contribution in [0.1, 0.15) is 5.56 Å². The molecule has 0 aliphatic carbocycles. The summed E-state index contributed by atoms with van der Waals surface area (Å²) >= 11 is 3.62. The van der Waals surface area contributed by atoms with E-state index in [-0.39, 0.29) is 13.6 Å². The highest BCUT2D eigenvalue weighted by atomic mass is 79.9. The lowest BCUT2D eigenvalue weighted by molar-refractivity contribution is 0.0456. The first kappa shape index (κ1) is 18.7. The summed E-state index contributed by atoms with van der Waals surface area (Å²) in [5, 5.41) is 0. The Balaban J connectivity index is 2.61. The SMILES string of the molecule is COCOc1cc(OCOC)c(-c2ccccc2)c(COC)c1Br. The molecule has 2 aromatic rings. The molecule has 24 heavy (non-hydrogen) atoms.